The Labute approximate surface area is 163 Å². The zero-order chi connectivity index (χ0) is 19.0. The number of hydrogen-bond acceptors (Lipinski definition) is 6. The van der Waals surface area contributed by atoms with Gasteiger partial charge in [0.25, 0.3) is 0 Å². The number of aryl methyl sites for hydroxylation is 1. The Hall–Kier alpha value is -1.73. The molecule has 1 atom stereocenters. The minimum absolute atomic E-state index is 0.191. The maximum atomic E-state index is 11.1. The van der Waals surface area contributed by atoms with Gasteiger partial charge in [-0.05, 0) is 70.5 Å². The van der Waals surface area contributed by atoms with E-state index in [1.54, 1.807) is 17.7 Å². The Kier molecular flexibility index (Phi) is 5.32. The van der Waals surface area contributed by atoms with E-state index >= 15 is 0 Å². The maximum Gasteiger partial charge on any atom is 0.303 e. The number of carbonyl (C=O) groups is 1. The molecule has 0 bridgehead atoms. The molecule has 0 aromatic carbocycles. The first-order valence-electron chi connectivity index (χ1n) is 9.81. The predicted molar refractivity (Wildman–Crippen MR) is 106 cm³/mol. The average Bonchev–Trinajstić information content (AvgIpc) is 3.00. The van der Waals surface area contributed by atoms with Crippen molar-refractivity contribution in [3.8, 4) is 5.88 Å². The number of carboxylic acids is 1. The molecule has 0 unspecified atom stereocenters. The van der Waals surface area contributed by atoms with Gasteiger partial charge in [0.2, 0.25) is 5.88 Å². The van der Waals surface area contributed by atoms with Gasteiger partial charge in [0.05, 0.1) is 5.39 Å². The van der Waals surface area contributed by atoms with Gasteiger partial charge in [-0.25, -0.2) is 9.97 Å². The van der Waals surface area contributed by atoms with Crippen LogP contribution in [0.3, 0.4) is 0 Å². The molecule has 2 heterocycles. The second-order valence-corrected chi connectivity index (χ2v) is 9.17. The number of hydrogen-bond donors (Lipinski definition) is 1. The van der Waals surface area contributed by atoms with Gasteiger partial charge in [-0.2, -0.15) is 0 Å². The van der Waals surface area contributed by atoms with E-state index < -0.39 is 5.97 Å². The fourth-order valence-electron chi connectivity index (χ4n) is 4.50. The Bertz CT molecular complexity index is 827. The topological polar surface area (TPSA) is 75.5 Å². The fraction of sp³-hybridized carbons (Fsp3) is 0.650. The molecule has 1 N–H and O–H groups in total. The Morgan fingerprint density at radius 1 is 1.26 bits per heavy atom. The summed E-state index contributed by atoms with van der Waals surface area (Å²) in [4.78, 5) is 24.7. The van der Waals surface area contributed by atoms with Crippen molar-refractivity contribution in [1.29, 1.82) is 0 Å². The number of nitrogens with zero attached hydrogens (tertiary/aromatic N) is 3. The highest BCUT2D eigenvalue weighted by Crippen LogP contribution is 2.41. The van der Waals surface area contributed by atoms with Crippen LogP contribution in [0.1, 0.15) is 49.0 Å². The van der Waals surface area contributed by atoms with Crippen LogP contribution < -0.4 is 4.74 Å². The molecule has 2 aromatic heterocycles. The summed E-state index contributed by atoms with van der Waals surface area (Å²) < 4.78 is 6.36. The van der Waals surface area contributed by atoms with Crippen LogP contribution in [0.25, 0.3) is 10.2 Å². The van der Waals surface area contributed by atoms with E-state index in [4.69, 9.17) is 9.84 Å². The molecule has 1 fully saturated rings. The SMILES string of the molecule is CN(C)C1CCC(Oc2ncnc3sc4c(c23)C[C@@H](CC(=O)O)CC4)CC1. The lowest BCUT2D eigenvalue weighted by Crippen LogP contribution is -2.35. The molecule has 27 heavy (non-hydrogen) atoms. The van der Waals surface area contributed by atoms with Gasteiger partial charge in [-0.15, -0.1) is 11.3 Å². The van der Waals surface area contributed by atoms with E-state index in [0.717, 1.165) is 55.2 Å². The smallest absolute Gasteiger partial charge is 0.303 e. The van der Waals surface area contributed by atoms with Gasteiger partial charge in [0.15, 0.2) is 0 Å². The standard InChI is InChI=1S/C20H27N3O3S/c1-23(2)13-4-6-14(7-5-13)26-19-18-15-9-12(10-17(24)25)3-8-16(15)27-20(18)22-11-21-19/h11-14H,3-10H2,1-2H3,(H,24,25)/t12-,13?,14?/m0/s1. The summed E-state index contributed by atoms with van der Waals surface area (Å²) in [7, 11) is 4.29. The molecule has 2 aliphatic rings. The normalized spacial score (nSPS) is 25.5. The minimum Gasteiger partial charge on any atom is -0.481 e. The van der Waals surface area contributed by atoms with E-state index in [9.17, 15) is 4.79 Å². The first-order valence-corrected chi connectivity index (χ1v) is 10.6. The van der Waals surface area contributed by atoms with E-state index in [-0.39, 0.29) is 18.4 Å². The van der Waals surface area contributed by atoms with E-state index in [2.05, 4.69) is 29.0 Å². The number of fused-ring (bicyclic) bond motifs is 3. The van der Waals surface area contributed by atoms with Crippen LogP contribution in [0.4, 0.5) is 0 Å². The van der Waals surface area contributed by atoms with Crippen molar-refractivity contribution >= 4 is 27.5 Å². The van der Waals surface area contributed by atoms with Gasteiger partial charge in [-0.1, -0.05) is 0 Å². The number of carboxylic acid groups (broad SMARTS) is 1. The number of aliphatic carboxylic acids is 1. The number of rotatable bonds is 5. The number of thiophene rings is 1. The van der Waals surface area contributed by atoms with Gasteiger partial charge < -0.3 is 14.7 Å². The van der Waals surface area contributed by atoms with Crippen molar-refractivity contribution in [1.82, 2.24) is 14.9 Å². The molecule has 0 aliphatic heterocycles. The third kappa shape index (κ3) is 3.94. The van der Waals surface area contributed by atoms with Crippen molar-refractivity contribution in [3.05, 3.63) is 16.8 Å². The van der Waals surface area contributed by atoms with Crippen LogP contribution in [0.15, 0.2) is 6.33 Å². The van der Waals surface area contributed by atoms with Crippen LogP contribution in [-0.2, 0) is 17.6 Å². The summed E-state index contributed by atoms with van der Waals surface area (Å²) in [5.74, 6) is 0.173. The van der Waals surface area contributed by atoms with E-state index in [1.807, 2.05) is 0 Å². The van der Waals surface area contributed by atoms with Crippen LogP contribution in [-0.4, -0.2) is 52.2 Å². The number of ether oxygens (including phenoxy) is 1. The van der Waals surface area contributed by atoms with Crippen molar-refractivity contribution in [2.45, 2.75) is 63.5 Å². The largest absolute Gasteiger partial charge is 0.481 e. The third-order valence-electron chi connectivity index (χ3n) is 6.02. The summed E-state index contributed by atoms with van der Waals surface area (Å²) in [5.41, 5.74) is 1.23. The lowest BCUT2D eigenvalue weighted by molar-refractivity contribution is -0.138. The lowest BCUT2D eigenvalue weighted by Gasteiger charge is -2.32. The van der Waals surface area contributed by atoms with Crippen molar-refractivity contribution in [3.63, 3.8) is 0 Å². The van der Waals surface area contributed by atoms with Gasteiger partial charge in [0, 0.05) is 17.3 Å². The Morgan fingerprint density at radius 2 is 2.04 bits per heavy atom. The first kappa shape index (κ1) is 18.6. The van der Waals surface area contributed by atoms with E-state index in [0.29, 0.717) is 11.9 Å². The first-order chi connectivity index (χ1) is 13.0. The summed E-state index contributed by atoms with van der Waals surface area (Å²) in [6.45, 7) is 0. The molecule has 2 aromatic rings. The molecule has 0 saturated heterocycles. The van der Waals surface area contributed by atoms with Gasteiger partial charge in [0.1, 0.15) is 17.3 Å². The molecule has 0 spiro atoms. The highest BCUT2D eigenvalue weighted by atomic mass is 32.1. The molecule has 0 radical (unpaired) electrons. The summed E-state index contributed by atoms with van der Waals surface area (Å²) in [5, 5.41) is 10.2. The summed E-state index contributed by atoms with van der Waals surface area (Å²) in [6.07, 6.45) is 9.07. The molecular formula is C20H27N3O3S. The zero-order valence-electron chi connectivity index (χ0n) is 16.0. The Balaban J connectivity index is 1.56. The van der Waals surface area contributed by atoms with Gasteiger partial charge in [-0.3, -0.25) is 4.79 Å². The van der Waals surface area contributed by atoms with Gasteiger partial charge >= 0.3 is 5.97 Å². The molecule has 7 heteroatoms. The molecule has 0 amide bonds. The van der Waals surface area contributed by atoms with E-state index in [1.165, 1.54) is 10.4 Å². The second-order valence-electron chi connectivity index (χ2n) is 8.08. The highest BCUT2D eigenvalue weighted by molar-refractivity contribution is 7.18. The Morgan fingerprint density at radius 3 is 2.74 bits per heavy atom. The quantitative estimate of drug-likeness (QED) is 0.843. The average molecular weight is 390 g/mol. The predicted octanol–water partition coefficient (Wildman–Crippen LogP) is 3.52. The zero-order valence-corrected chi connectivity index (χ0v) is 16.8. The monoisotopic (exact) mass is 389 g/mol. The van der Waals surface area contributed by atoms with Crippen molar-refractivity contribution in [2.24, 2.45) is 5.92 Å². The molecule has 1 saturated carbocycles. The molecule has 146 valence electrons. The molecule has 4 rings (SSSR count). The van der Waals surface area contributed by atoms with Crippen molar-refractivity contribution < 1.29 is 14.6 Å². The third-order valence-corrected chi connectivity index (χ3v) is 7.22. The van der Waals surface area contributed by atoms with Crippen molar-refractivity contribution in [2.75, 3.05) is 14.1 Å². The molecule has 2 aliphatic carbocycles. The van der Waals surface area contributed by atoms with Crippen LogP contribution in [0.5, 0.6) is 5.88 Å². The number of aromatic nitrogens is 2. The lowest BCUT2D eigenvalue weighted by atomic mass is 9.85. The van der Waals surface area contributed by atoms with Crippen LogP contribution >= 0.6 is 11.3 Å². The molecule has 6 nitrogen and oxygen atoms in total. The minimum atomic E-state index is -0.714. The van der Waals surface area contributed by atoms with Crippen LogP contribution in [0.2, 0.25) is 0 Å². The maximum absolute atomic E-state index is 11.1. The molecular weight excluding hydrogens is 362 g/mol. The highest BCUT2D eigenvalue weighted by Gasteiger charge is 2.29. The fourth-order valence-corrected chi connectivity index (χ4v) is 5.67. The second kappa shape index (κ2) is 7.72. The summed E-state index contributed by atoms with van der Waals surface area (Å²) in [6, 6.07) is 0.640. The summed E-state index contributed by atoms with van der Waals surface area (Å²) >= 11 is 1.72. The van der Waals surface area contributed by atoms with Crippen LogP contribution in [0, 0.1) is 5.92 Å².